The number of rotatable bonds is 4. The van der Waals surface area contributed by atoms with Gasteiger partial charge in [-0.1, -0.05) is 29.3 Å². The van der Waals surface area contributed by atoms with Crippen LogP contribution < -0.4 is 5.32 Å². The third kappa shape index (κ3) is 3.28. The van der Waals surface area contributed by atoms with Crippen LogP contribution in [0.25, 0.3) is 0 Å². The standard InChI is InChI=1S/C13H18Cl2N2O2S/c1-16-8-10-4-3-7-17(9-10)20(18,19)13-11(14)5-2-6-12(13)15/h2,5-6,10,16H,3-4,7-9H2,1H3/t10-/m1/s1. The molecule has 1 saturated heterocycles. The number of sulfonamides is 1. The Morgan fingerprint density at radius 3 is 2.60 bits per heavy atom. The van der Waals surface area contributed by atoms with Crippen molar-refractivity contribution in [1.29, 1.82) is 0 Å². The zero-order chi connectivity index (χ0) is 14.8. The van der Waals surface area contributed by atoms with Gasteiger partial charge in [-0.2, -0.15) is 4.31 Å². The first-order valence-corrected chi connectivity index (χ1v) is 8.75. The first-order chi connectivity index (χ1) is 9.46. The number of halogens is 2. The molecule has 0 amide bonds. The summed E-state index contributed by atoms with van der Waals surface area (Å²) in [5.74, 6) is 0.324. The molecule has 20 heavy (non-hydrogen) atoms. The summed E-state index contributed by atoms with van der Waals surface area (Å²) in [6.45, 7) is 1.83. The largest absolute Gasteiger partial charge is 0.319 e. The molecule has 112 valence electrons. The van der Waals surface area contributed by atoms with Gasteiger partial charge in [0.1, 0.15) is 4.90 Å². The molecule has 0 unspecified atom stereocenters. The van der Waals surface area contributed by atoms with E-state index in [9.17, 15) is 8.42 Å². The van der Waals surface area contributed by atoms with Gasteiger partial charge in [0.05, 0.1) is 10.0 Å². The van der Waals surface area contributed by atoms with Gasteiger partial charge in [0.15, 0.2) is 0 Å². The lowest BCUT2D eigenvalue weighted by molar-refractivity contribution is 0.263. The summed E-state index contributed by atoms with van der Waals surface area (Å²) in [5, 5.41) is 3.45. The first kappa shape index (κ1) is 16.0. The summed E-state index contributed by atoms with van der Waals surface area (Å²) in [5.41, 5.74) is 0. The monoisotopic (exact) mass is 336 g/mol. The van der Waals surface area contributed by atoms with Gasteiger partial charge in [0.2, 0.25) is 10.0 Å². The van der Waals surface area contributed by atoms with Gasteiger partial charge >= 0.3 is 0 Å². The van der Waals surface area contributed by atoms with E-state index in [1.54, 1.807) is 18.2 Å². The van der Waals surface area contributed by atoms with Crippen LogP contribution in [-0.4, -0.2) is 39.4 Å². The molecular weight excluding hydrogens is 319 g/mol. The quantitative estimate of drug-likeness (QED) is 0.919. The van der Waals surface area contributed by atoms with Crippen molar-refractivity contribution >= 4 is 33.2 Å². The van der Waals surface area contributed by atoms with E-state index in [1.165, 1.54) is 4.31 Å². The molecule has 0 aromatic heterocycles. The Morgan fingerprint density at radius 1 is 1.35 bits per heavy atom. The van der Waals surface area contributed by atoms with E-state index in [2.05, 4.69) is 5.32 Å². The Kier molecular flexibility index (Phi) is 5.31. The van der Waals surface area contributed by atoms with E-state index >= 15 is 0 Å². The van der Waals surface area contributed by atoms with Crippen LogP contribution in [0.4, 0.5) is 0 Å². The Labute approximate surface area is 130 Å². The summed E-state index contributed by atoms with van der Waals surface area (Å²) < 4.78 is 26.9. The molecule has 0 radical (unpaired) electrons. The molecule has 1 aliphatic heterocycles. The van der Waals surface area contributed by atoms with Crippen LogP contribution in [0.2, 0.25) is 10.0 Å². The number of hydrogen-bond donors (Lipinski definition) is 1. The molecule has 0 bridgehead atoms. The molecule has 0 aliphatic carbocycles. The summed E-state index contributed by atoms with van der Waals surface area (Å²) in [7, 11) is -1.76. The van der Waals surface area contributed by atoms with Crippen molar-refractivity contribution in [2.45, 2.75) is 17.7 Å². The van der Waals surface area contributed by atoms with Crippen LogP contribution in [0.1, 0.15) is 12.8 Å². The second-order valence-corrected chi connectivity index (χ2v) is 7.67. The molecule has 2 rings (SSSR count). The predicted octanol–water partition coefficient (Wildman–Crippen LogP) is 2.61. The van der Waals surface area contributed by atoms with E-state index in [0.717, 1.165) is 19.4 Å². The van der Waals surface area contributed by atoms with E-state index in [1.807, 2.05) is 7.05 Å². The van der Waals surface area contributed by atoms with Gasteiger partial charge in [-0.15, -0.1) is 0 Å². The third-order valence-corrected chi connectivity index (χ3v) is 6.31. The van der Waals surface area contributed by atoms with Crippen LogP contribution in [0.5, 0.6) is 0 Å². The van der Waals surface area contributed by atoms with Crippen molar-refractivity contribution < 1.29 is 8.42 Å². The molecule has 4 nitrogen and oxygen atoms in total. The second kappa shape index (κ2) is 6.62. The zero-order valence-corrected chi connectivity index (χ0v) is 13.6. The van der Waals surface area contributed by atoms with Gasteiger partial charge in [-0.3, -0.25) is 0 Å². The average Bonchev–Trinajstić information content (AvgIpc) is 2.39. The van der Waals surface area contributed by atoms with Crippen molar-refractivity contribution in [1.82, 2.24) is 9.62 Å². The van der Waals surface area contributed by atoms with Crippen molar-refractivity contribution in [2.24, 2.45) is 5.92 Å². The minimum atomic E-state index is -3.63. The smallest absolute Gasteiger partial charge is 0.246 e. The highest BCUT2D eigenvalue weighted by molar-refractivity contribution is 7.89. The number of nitrogens with zero attached hydrogens (tertiary/aromatic N) is 1. The highest BCUT2D eigenvalue weighted by Gasteiger charge is 2.32. The highest BCUT2D eigenvalue weighted by atomic mass is 35.5. The summed E-state index contributed by atoms with van der Waals surface area (Å²) in [6.07, 6.45) is 1.89. The van der Waals surface area contributed by atoms with Crippen molar-refractivity contribution in [3.63, 3.8) is 0 Å². The molecule has 1 heterocycles. The topological polar surface area (TPSA) is 49.4 Å². The molecule has 1 N–H and O–H groups in total. The third-order valence-electron chi connectivity index (χ3n) is 3.49. The van der Waals surface area contributed by atoms with Gasteiger partial charge in [0.25, 0.3) is 0 Å². The van der Waals surface area contributed by atoms with Crippen molar-refractivity contribution in [3.8, 4) is 0 Å². The molecule has 0 spiro atoms. The molecule has 1 aromatic carbocycles. The maximum atomic E-state index is 12.7. The zero-order valence-electron chi connectivity index (χ0n) is 11.3. The minimum absolute atomic E-state index is 0.0217. The molecule has 1 atom stereocenters. The molecular formula is C13H18Cl2N2O2S. The number of benzene rings is 1. The lowest BCUT2D eigenvalue weighted by Gasteiger charge is -2.32. The fraction of sp³-hybridized carbons (Fsp3) is 0.538. The lowest BCUT2D eigenvalue weighted by Crippen LogP contribution is -2.42. The minimum Gasteiger partial charge on any atom is -0.319 e. The second-order valence-electron chi connectivity index (χ2n) is 4.98. The summed E-state index contributed by atoms with van der Waals surface area (Å²) in [4.78, 5) is 0.0217. The lowest BCUT2D eigenvalue weighted by atomic mass is 10.00. The van der Waals surface area contributed by atoms with E-state index in [4.69, 9.17) is 23.2 Å². The summed E-state index contributed by atoms with van der Waals surface area (Å²) in [6, 6.07) is 4.74. The Hall–Kier alpha value is -0.330. The molecule has 1 fully saturated rings. The molecule has 7 heteroatoms. The number of nitrogens with one attached hydrogen (secondary N) is 1. The van der Waals surface area contributed by atoms with Crippen LogP contribution in [-0.2, 0) is 10.0 Å². The van der Waals surface area contributed by atoms with Gasteiger partial charge < -0.3 is 5.32 Å². The number of hydrogen-bond acceptors (Lipinski definition) is 3. The first-order valence-electron chi connectivity index (χ1n) is 6.55. The average molecular weight is 337 g/mol. The van der Waals surface area contributed by atoms with Crippen molar-refractivity contribution in [2.75, 3.05) is 26.7 Å². The predicted molar refractivity (Wildman–Crippen MR) is 81.9 cm³/mol. The van der Waals surface area contributed by atoms with E-state index in [-0.39, 0.29) is 14.9 Å². The van der Waals surface area contributed by atoms with Crippen LogP contribution in [0, 0.1) is 5.92 Å². The van der Waals surface area contributed by atoms with E-state index < -0.39 is 10.0 Å². The Bertz CT molecular complexity index is 555. The molecule has 1 aromatic rings. The molecule has 0 saturated carbocycles. The van der Waals surface area contributed by atoms with Crippen LogP contribution in [0.15, 0.2) is 23.1 Å². The normalized spacial score (nSPS) is 21.1. The highest BCUT2D eigenvalue weighted by Crippen LogP contribution is 2.33. The van der Waals surface area contributed by atoms with Crippen molar-refractivity contribution in [3.05, 3.63) is 28.2 Å². The fourth-order valence-corrected chi connectivity index (χ4v) is 5.20. The summed E-state index contributed by atoms with van der Waals surface area (Å²) >= 11 is 12.1. The SMILES string of the molecule is CNC[C@H]1CCCN(S(=O)(=O)c2c(Cl)cccc2Cl)C1. The molecule has 1 aliphatic rings. The Balaban J connectivity index is 2.30. The van der Waals surface area contributed by atoms with Gasteiger partial charge in [-0.05, 0) is 44.5 Å². The van der Waals surface area contributed by atoms with Crippen LogP contribution in [0.3, 0.4) is 0 Å². The fourth-order valence-electron chi connectivity index (χ4n) is 2.56. The maximum absolute atomic E-state index is 12.7. The van der Waals surface area contributed by atoms with Crippen LogP contribution >= 0.6 is 23.2 Å². The number of piperidine rings is 1. The van der Waals surface area contributed by atoms with Gasteiger partial charge in [0, 0.05) is 13.1 Å². The maximum Gasteiger partial charge on any atom is 0.246 e. The van der Waals surface area contributed by atoms with E-state index in [0.29, 0.717) is 19.0 Å². The Morgan fingerprint density at radius 2 is 2.00 bits per heavy atom. The van der Waals surface area contributed by atoms with Gasteiger partial charge in [-0.25, -0.2) is 8.42 Å².